The Morgan fingerprint density at radius 1 is 0.420 bits per heavy atom. The first-order chi connectivity index (χ1) is 23.6. The number of nitriles is 2. The van der Waals surface area contributed by atoms with Gasteiger partial charge in [-0.2, -0.15) is 46.9 Å². The number of nitrogens with zero attached hydrogens (tertiary/aromatic N) is 4. The topological polar surface area (TPSA) is 72.3 Å². The van der Waals surface area contributed by atoms with Crippen LogP contribution >= 0.6 is 0 Å². The molecule has 0 atom stereocenters. The fourth-order valence-corrected chi connectivity index (χ4v) is 6.30. The molecule has 0 aliphatic rings. The largest absolute Gasteiger partial charge is 0.419 e. The van der Waals surface area contributed by atoms with Crippen LogP contribution in [-0.4, -0.2) is 0 Å². The van der Waals surface area contributed by atoms with Crippen molar-refractivity contribution in [3.05, 3.63) is 118 Å². The second-order valence-electron chi connectivity index (χ2n) is 11.2. The molecular weight excluding hydrogens is 678 g/mol. The highest BCUT2D eigenvalue weighted by Gasteiger charge is 2.37. The Morgan fingerprint density at radius 3 is 1.14 bits per heavy atom. The van der Waals surface area contributed by atoms with Crippen LogP contribution in [0.15, 0.2) is 82.8 Å². The summed E-state index contributed by atoms with van der Waals surface area (Å²) in [7, 11) is 0. The van der Waals surface area contributed by atoms with Crippen LogP contribution in [0.25, 0.3) is 65.3 Å². The van der Waals surface area contributed by atoms with Crippen molar-refractivity contribution in [2.75, 3.05) is 0 Å². The van der Waals surface area contributed by atoms with E-state index in [1.807, 2.05) is 0 Å². The second kappa shape index (κ2) is 11.1. The fourth-order valence-electron chi connectivity index (χ4n) is 6.30. The standard InChI is InChI=1S/C36H12F10N4/c37-29-9-17(7-27(31(29)39)35(41,42)43)15-1-3-19-21-11-22-20-4-2-16(18-8-28(36(44,45)46)32(40)30(38)10-18)6-24(20)34(50-14-48)26(22)12-25(21)33(49-13-47)23(19)5-15/h1-12H/b49-33-,50-34+. The van der Waals surface area contributed by atoms with Crippen LogP contribution in [-0.2, 0) is 12.4 Å². The molecule has 4 nitrogen and oxygen atoms in total. The maximum atomic E-state index is 14.3. The summed E-state index contributed by atoms with van der Waals surface area (Å²) >= 11 is 0. The summed E-state index contributed by atoms with van der Waals surface area (Å²) in [6, 6.07) is 14.0. The van der Waals surface area contributed by atoms with E-state index in [0.717, 1.165) is 0 Å². The number of benzene rings is 5. The summed E-state index contributed by atoms with van der Waals surface area (Å²) in [5.74, 6) is -7.52. The summed E-state index contributed by atoms with van der Waals surface area (Å²) in [5.41, 5.74) is -4.04. The smallest absolute Gasteiger partial charge is 0.204 e. The van der Waals surface area contributed by atoms with Crippen molar-refractivity contribution in [1.82, 2.24) is 0 Å². The molecule has 0 fully saturated rings. The molecule has 7 aromatic carbocycles. The molecule has 0 radical (unpaired) electrons. The highest BCUT2D eigenvalue weighted by Crippen LogP contribution is 2.40. The highest BCUT2D eigenvalue weighted by molar-refractivity contribution is 6.21. The SMILES string of the molecule is N#C/N=c1/c2cc(-c3cc(F)c(F)c(C(F)(F)F)c3)ccc2c2cc3c(cc12)/c(=N/C#N)c1cc(-c2cc(F)c(F)c(C(F)(F)F)c2)ccc13. The average molecular weight is 691 g/mol. The predicted molar refractivity (Wildman–Crippen MR) is 162 cm³/mol. The summed E-state index contributed by atoms with van der Waals surface area (Å²) in [5, 5.41) is 22.5. The lowest BCUT2D eigenvalue weighted by atomic mass is 9.99. The van der Waals surface area contributed by atoms with Gasteiger partial charge in [-0.25, -0.2) is 17.6 Å². The third-order valence-corrected chi connectivity index (χ3v) is 8.46. The van der Waals surface area contributed by atoms with Crippen molar-refractivity contribution in [3.8, 4) is 34.6 Å². The first-order valence-corrected chi connectivity index (χ1v) is 14.2. The predicted octanol–water partition coefficient (Wildman–Crippen LogP) is 9.87. The maximum absolute atomic E-state index is 14.3. The molecule has 0 bridgehead atoms. The first kappa shape index (κ1) is 32.3. The zero-order valence-corrected chi connectivity index (χ0v) is 24.5. The van der Waals surface area contributed by atoms with Gasteiger partial charge in [0.25, 0.3) is 0 Å². The van der Waals surface area contributed by atoms with Crippen LogP contribution in [0.2, 0.25) is 0 Å². The minimum absolute atomic E-state index is 0.0645. The Hall–Kier alpha value is -6.28. The third kappa shape index (κ3) is 4.99. The van der Waals surface area contributed by atoms with Gasteiger partial charge in [0, 0.05) is 21.5 Å². The van der Waals surface area contributed by atoms with E-state index in [4.69, 9.17) is 0 Å². The average Bonchev–Trinajstić information content (AvgIpc) is 3.52. The van der Waals surface area contributed by atoms with Gasteiger partial charge in [0.15, 0.2) is 23.3 Å². The van der Waals surface area contributed by atoms with Gasteiger partial charge < -0.3 is 0 Å². The summed E-state index contributed by atoms with van der Waals surface area (Å²) in [6.07, 6.45) is -7.00. The van der Waals surface area contributed by atoms with Crippen molar-refractivity contribution in [2.45, 2.75) is 12.4 Å². The Labute approximate surface area is 272 Å². The molecule has 246 valence electrons. The molecule has 7 aromatic rings. The van der Waals surface area contributed by atoms with Crippen LogP contribution in [0.4, 0.5) is 43.9 Å². The third-order valence-electron chi connectivity index (χ3n) is 8.46. The number of hydrogen-bond acceptors (Lipinski definition) is 4. The van der Waals surface area contributed by atoms with E-state index in [2.05, 4.69) is 9.98 Å². The van der Waals surface area contributed by atoms with E-state index in [1.54, 1.807) is 24.5 Å². The summed E-state index contributed by atoms with van der Waals surface area (Å²) < 4.78 is 137. The van der Waals surface area contributed by atoms with Gasteiger partial charge in [0.1, 0.15) is 0 Å². The number of fused-ring (bicyclic) bond motifs is 6. The Balaban J connectivity index is 1.49. The quantitative estimate of drug-likeness (QED) is 0.134. The first-order valence-electron chi connectivity index (χ1n) is 14.2. The van der Waals surface area contributed by atoms with Gasteiger partial charge in [0.2, 0.25) is 12.4 Å². The van der Waals surface area contributed by atoms with Crippen LogP contribution in [0.3, 0.4) is 0 Å². The number of alkyl halides is 6. The number of hydrogen-bond donors (Lipinski definition) is 0. The molecule has 14 heteroatoms. The maximum Gasteiger partial charge on any atom is 0.419 e. The van der Waals surface area contributed by atoms with Gasteiger partial charge in [-0.3, -0.25) is 0 Å². The molecule has 50 heavy (non-hydrogen) atoms. The van der Waals surface area contributed by atoms with Crippen LogP contribution in [0.1, 0.15) is 11.1 Å². The molecule has 0 N–H and O–H groups in total. The molecule has 0 saturated carbocycles. The van der Waals surface area contributed by atoms with Gasteiger partial charge in [-0.15, -0.1) is 0 Å². The Morgan fingerprint density at radius 2 is 0.780 bits per heavy atom. The monoisotopic (exact) mass is 690 g/mol. The molecule has 0 aliphatic carbocycles. The van der Waals surface area contributed by atoms with Crippen molar-refractivity contribution in [3.63, 3.8) is 0 Å². The summed E-state index contributed by atoms with van der Waals surface area (Å²) in [4.78, 5) is 7.84. The molecule has 0 saturated heterocycles. The molecule has 0 aliphatic heterocycles. The van der Waals surface area contributed by atoms with Gasteiger partial charge >= 0.3 is 12.4 Å². The highest BCUT2D eigenvalue weighted by atomic mass is 19.4. The normalized spacial score (nSPS) is 13.2. The van der Waals surface area contributed by atoms with Crippen LogP contribution < -0.4 is 10.7 Å². The number of rotatable bonds is 2. The van der Waals surface area contributed by atoms with Crippen molar-refractivity contribution in [1.29, 1.82) is 10.5 Å². The molecule has 0 heterocycles. The van der Waals surface area contributed by atoms with Crippen LogP contribution in [0.5, 0.6) is 0 Å². The van der Waals surface area contributed by atoms with Crippen molar-refractivity contribution < 1.29 is 43.9 Å². The Kier molecular flexibility index (Phi) is 7.19. The lowest BCUT2D eigenvalue weighted by Gasteiger charge is -2.11. The zero-order chi connectivity index (χ0) is 35.9. The molecular formula is C36H12F10N4. The van der Waals surface area contributed by atoms with Gasteiger partial charge in [-0.1, -0.05) is 24.3 Å². The molecule has 0 spiro atoms. The molecule has 0 aromatic heterocycles. The van der Waals surface area contributed by atoms with E-state index in [9.17, 15) is 54.4 Å². The van der Waals surface area contributed by atoms with E-state index < -0.39 is 46.7 Å². The van der Waals surface area contributed by atoms with E-state index in [1.165, 1.54) is 36.4 Å². The molecule has 0 amide bonds. The second-order valence-corrected chi connectivity index (χ2v) is 11.2. The van der Waals surface area contributed by atoms with Crippen molar-refractivity contribution in [2.24, 2.45) is 9.98 Å². The minimum atomic E-state index is -5.18. The van der Waals surface area contributed by atoms with Gasteiger partial charge in [0.05, 0.1) is 21.8 Å². The van der Waals surface area contributed by atoms with E-state index >= 15 is 0 Å². The molecule has 7 rings (SSSR count). The Bertz CT molecular complexity index is 2620. The minimum Gasteiger partial charge on any atom is -0.204 e. The van der Waals surface area contributed by atoms with E-state index in [-0.39, 0.29) is 43.7 Å². The van der Waals surface area contributed by atoms with Crippen molar-refractivity contribution >= 4 is 43.1 Å². The lowest BCUT2D eigenvalue weighted by Crippen LogP contribution is -2.10. The lowest BCUT2D eigenvalue weighted by molar-refractivity contribution is -0.141. The molecule has 0 unspecified atom stereocenters. The summed E-state index contributed by atoms with van der Waals surface area (Å²) in [6.45, 7) is 0. The zero-order valence-electron chi connectivity index (χ0n) is 24.5. The van der Waals surface area contributed by atoms with E-state index in [0.29, 0.717) is 56.6 Å². The fraction of sp³-hybridized carbons (Fsp3) is 0.0556. The van der Waals surface area contributed by atoms with Gasteiger partial charge in [-0.05, 0) is 92.3 Å². The van der Waals surface area contributed by atoms with Crippen LogP contribution in [0, 0.1) is 46.2 Å². The number of halogens is 10.